The van der Waals surface area contributed by atoms with Gasteiger partial charge in [-0.15, -0.1) is 0 Å². The van der Waals surface area contributed by atoms with Gasteiger partial charge < -0.3 is 5.32 Å². The van der Waals surface area contributed by atoms with Crippen molar-refractivity contribution in [2.24, 2.45) is 0 Å². The van der Waals surface area contributed by atoms with E-state index < -0.39 is 11.7 Å². The van der Waals surface area contributed by atoms with Gasteiger partial charge in [0, 0.05) is 35.7 Å². The molecule has 0 spiro atoms. The van der Waals surface area contributed by atoms with Gasteiger partial charge in [-0.1, -0.05) is 6.07 Å². The van der Waals surface area contributed by atoms with Gasteiger partial charge in [-0.05, 0) is 31.2 Å². The van der Waals surface area contributed by atoms with Gasteiger partial charge in [0.1, 0.15) is 0 Å². The molecule has 2 heterocycles. The van der Waals surface area contributed by atoms with Crippen LogP contribution in [0.1, 0.15) is 11.3 Å². The summed E-state index contributed by atoms with van der Waals surface area (Å²) in [6, 6.07) is 7.29. The Morgan fingerprint density at radius 1 is 1.22 bits per heavy atom. The van der Waals surface area contributed by atoms with Crippen molar-refractivity contribution in [2.75, 3.05) is 11.9 Å². The largest absolute Gasteiger partial charge is 0.416 e. The van der Waals surface area contributed by atoms with E-state index in [0.717, 1.165) is 17.8 Å². The first-order valence-corrected chi connectivity index (χ1v) is 7.13. The number of alkyl halides is 3. The van der Waals surface area contributed by atoms with Crippen LogP contribution in [0.5, 0.6) is 0 Å². The summed E-state index contributed by atoms with van der Waals surface area (Å²) in [5, 5.41) is 8.02. The molecule has 23 heavy (non-hydrogen) atoms. The van der Waals surface area contributed by atoms with Crippen molar-refractivity contribution < 1.29 is 13.2 Å². The number of hydrogen-bond donors (Lipinski definition) is 1. The molecule has 0 unspecified atom stereocenters. The quantitative estimate of drug-likeness (QED) is 0.793. The summed E-state index contributed by atoms with van der Waals surface area (Å²) in [4.78, 5) is 4.21. The fraction of sp³-hybridized carbons (Fsp3) is 0.250. The van der Waals surface area contributed by atoms with E-state index in [4.69, 9.17) is 0 Å². The molecule has 3 rings (SSSR count). The van der Waals surface area contributed by atoms with E-state index in [1.807, 2.05) is 18.3 Å². The predicted molar refractivity (Wildman–Crippen MR) is 82.2 cm³/mol. The van der Waals surface area contributed by atoms with Gasteiger partial charge in [-0.2, -0.15) is 18.3 Å². The molecule has 0 amide bonds. The van der Waals surface area contributed by atoms with Crippen LogP contribution in [0.25, 0.3) is 10.9 Å². The maximum absolute atomic E-state index is 12.8. The van der Waals surface area contributed by atoms with Crippen LogP contribution in [-0.4, -0.2) is 21.3 Å². The molecule has 1 N–H and O–H groups in total. The third-order valence-corrected chi connectivity index (χ3v) is 3.48. The molecule has 0 aliphatic heterocycles. The highest BCUT2D eigenvalue weighted by molar-refractivity contribution is 5.91. The zero-order valence-corrected chi connectivity index (χ0v) is 12.4. The van der Waals surface area contributed by atoms with E-state index in [-0.39, 0.29) is 0 Å². The molecule has 2 aromatic heterocycles. The van der Waals surface area contributed by atoms with Crippen molar-refractivity contribution in [2.45, 2.75) is 19.6 Å². The number of aromatic nitrogens is 3. The highest BCUT2D eigenvalue weighted by Crippen LogP contribution is 2.32. The third kappa shape index (κ3) is 3.44. The summed E-state index contributed by atoms with van der Waals surface area (Å²) >= 11 is 0. The monoisotopic (exact) mass is 320 g/mol. The first-order valence-electron chi connectivity index (χ1n) is 7.13. The molecule has 0 aliphatic carbocycles. The van der Waals surface area contributed by atoms with E-state index in [9.17, 15) is 13.2 Å². The Morgan fingerprint density at radius 3 is 2.74 bits per heavy atom. The zero-order chi connectivity index (χ0) is 16.4. The van der Waals surface area contributed by atoms with Gasteiger partial charge in [-0.25, -0.2) is 0 Å². The lowest BCUT2D eigenvalue weighted by molar-refractivity contribution is -0.137. The second kappa shape index (κ2) is 5.91. The van der Waals surface area contributed by atoms with Gasteiger partial charge in [0.25, 0.3) is 0 Å². The SMILES string of the molecule is Cc1cc(NCCn2cccn2)c2ccc(C(F)(F)F)cc2n1. The van der Waals surface area contributed by atoms with Crippen LogP contribution in [0.3, 0.4) is 0 Å². The summed E-state index contributed by atoms with van der Waals surface area (Å²) < 4.78 is 40.3. The maximum Gasteiger partial charge on any atom is 0.416 e. The molecule has 0 aliphatic rings. The highest BCUT2D eigenvalue weighted by atomic mass is 19.4. The number of nitrogens with one attached hydrogen (secondary N) is 1. The van der Waals surface area contributed by atoms with E-state index in [1.54, 1.807) is 17.8 Å². The minimum atomic E-state index is -4.37. The van der Waals surface area contributed by atoms with E-state index in [0.29, 0.717) is 29.7 Å². The van der Waals surface area contributed by atoms with Crippen molar-refractivity contribution in [3.63, 3.8) is 0 Å². The van der Waals surface area contributed by atoms with Crippen molar-refractivity contribution in [3.05, 3.63) is 54.0 Å². The first-order chi connectivity index (χ1) is 10.9. The van der Waals surface area contributed by atoms with Crippen LogP contribution in [0.4, 0.5) is 18.9 Å². The van der Waals surface area contributed by atoms with Crippen LogP contribution >= 0.6 is 0 Å². The lowest BCUT2D eigenvalue weighted by atomic mass is 10.1. The average Bonchev–Trinajstić information content (AvgIpc) is 2.98. The Morgan fingerprint density at radius 2 is 2.04 bits per heavy atom. The molecule has 0 atom stereocenters. The van der Waals surface area contributed by atoms with Crippen LogP contribution in [0, 0.1) is 6.92 Å². The minimum absolute atomic E-state index is 0.335. The molecule has 7 heteroatoms. The smallest absolute Gasteiger partial charge is 0.383 e. The van der Waals surface area contributed by atoms with Crippen molar-refractivity contribution in [1.29, 1.82) is 0 Å². The molecular weight excluding hydrogens is 305 g/mol. The van der Waals surface area contributed by atoms with Gasteiger partial charge in [0.05, 0.1) is 17.6 Å². The second-order valence-corrected chi connectivity index (χ2v) is 5.24. The number of benzene rings is 1. The Kier molecular flexibility index (Phi) is 3.94. The van der Waals surface area contributed by atoms with E-state index in [1.165, 1.54) is 6.07 Å². The maximum atomic E-state index is 12.8. The number of aryl methyl sites for hydroxylation is 1. The predicted octanol–water partition coefficient (Wildman–Crippen LogP) is 3.87. The van der Waals surface area contributed by atoms with Crippen molar-refractivity contribution >= 4 is 16.6 Å². The zero-order valence-electron chi connectivity index (χ0n) is 12.4. The summed E-state index contributed by atoms with van der Waals surface area (Å²) in [5.41, 5.74) is 1.08. The van der Waals surface area contributed by atoms with E-state index >= 15 is 0 Å². The third-order valence-electron chi connectivity index (χ3n) is 3.48. The lowest BCUT2D eigenvalue weighted by Crippen LogP contribution is -2.11. The number of nitrogens with zero attached hydrogens (tertiary/aromatic N) is 3. The summed E-state index contributed by atoms with van der Waals surface area (Å²) in [6.45, 7) is 3.04. The molecule has 1 aromatic carbocycles. The normalized spacial score (nSPS) is 11.8. The van der Waals surface area contributed by atoms with E-state index in [2.05, 4.69) is 15.4 Å². The fourth-order valence-electron chi connectivity index (χ4n) is 2.42. The van der Waals surface area contributed by atoms with Crippen LogP contribution < -0.4 is 5.32 Å². The fourth-order valence-corrected chi connectivity index (χ4v) is 2.42. The van der Waals surface area contributed by atoms with Crippen molar-refractivity contribution in [1.82, 2.24) is 14.8 Å². The molecular formula is C16H15F3N4. The van der Waals surface area contributed by atoms with Crippen LogP contribution in [0.2, 0.25) is 0 Å². The lowest BCUT2D eigenvalue weighted by Gasteiger charge is -2.13. The number of halogens is 3. The molecule has 4 nitrogen and oxygen atoms in total. The summed E-state index contributed by atoms with van der Waals surface area (Å²) in [7, 11) is 0. The van der Waals surface area contributed by atoms with Gasteiger partial charge in [0.15, 0.2) is 0 Å². The molecule has 120 valence electrons. The molecule has 0 fully saturated rings. The molecule has 0 radical (unpaired) electrons. The minimum Gasteiger partial charge on any atom is -0.383 e. The second-order valence-electron chi connectivity index (χ2n) is 5.24. The molecule has 0 bridgehead atoms. The molecule has 0 saturated carbocycles. The average molecular weight is 320 g/mol. The van der Waals surface area contributed by atoms with Gasteiger partial charge in [-0.3, -0.25) is 9.67 Å². The Hall–Kier alpha value is -2.57. The van der Waals surface area contributed by atoms with Gasteiger partial charge >= 0.3 is 6.18 Å². The van der Waals surface area contributed by atoms with Crippen LogP contribution in [-0.2, 0) is 12.7 Å². The van der Waals surface area contributed by atoms with Crippen molar-refractivity contribution in [3.8, 4) is 0 Å². The molecule has 0 saturated heterocycles. The summed E-state index contributed by atoms with van der Waals surface area (Å²) in [6.07, 6.45) is -0.814. The number of pyridine rings is 1. The summed E-state index contributed by atoms with van der Waals surface area (Å²) in [5.74, 6) is 0. The number of hydrogen-bond acceptors (Lipinski definition) is 3. The number of fused-ring (bicyclic) bond motifs is 1. The Bertz CT molecular complexity index is 810. The Balaban J connectivity index is 1.87. The standard InChI is InChI=1S/C16H15F3N4/c1-11-9-14(20-6-8-23-7-2-5-21-23)13-4-3-12(16(17,18)19)10-15(13)22-11/h2-5,7,9-10H,6,8H2,1H3,(H,20,22). The first kappa shape index (κ1) is 15.3. The highest BCUT2D eigenvalue weighted by Gasteiger charge is 2.30. The number of anilines is 1. The number of rotatable bonds is 4. The topological polar surface area (TPSA) is 42.7 Å². The van der Waals surface area contributed by atoms with Gasteiger partial charge in [0.2, 0.25) is 0 Å². The Labute approximate surface area is 131 Å². The molecule has 3 aromatic rings. The van der Waals surface area contributed by atoms with Crippen LogP contribution in [0.15, 0.2) is 42.7 Å².